The molecule has 0 N–H and O–H groups in total. The first kappa shape index (κ1) is 25.8. The molecule has 0 aliphatic rings. The van der Waals surface area contributed by atoms with Gasteiger partial charge in [0, 0.05) is 0 Å². The van der Waals surface area contributed by atoms with Gasteiger partial charge in [0.1, 0.15) is 37.6 Å². The van der Waals surface area contributed by atoms with Gasteiger partial charge in [0.25, 0.3) is 0 Å². The number of nitrogens with zero attached hydrogens (tertiary/aromatic N) is 1. The second-order valence-electron chi connectivity index (χ2n) is 6.03. The fourth-order valence-corrected chi connectivity index (χ4v) is 2.49. The van der Waals surface area contributed by atoms with E-state index in [0.717, 1.165) is 19.6 Å². The molecular weight excluding hydrogens is 350 g/mol. The molecule has 7 nitrogen and oxygen atoms in total. The van der Waals surface area contributed by atoms with E-state index in [9.17, 15) is 19.2 Å². The first-order chi connectivity index (χ1) is 11.2. The third-order valence-electron chi connectivity index (χ3n) is 4.12. The summed E-state index contributed by atoms with van der Waals surface area (Å²) in [5.41, 5.74) is 0. The van der Waals surface area contributed by atoms with Gasteiger partial charge in [-0.2, -0.15) is 0 Å². The van der Waals surface area contributed by atoms with Crippen molar-refractivity contribution in [2.45, 2.75) is 53.6 Å². The number of esters is 2. The topological polar surface area (TPSA) is 86.7 Å². The summed E-state index contributed by atoms with van der Waals surface area (Å²) in [7, 11) is 0. The average molecular weight is 380 g/mol. The molecule has 146 valence electrons. The third kappa shape index (κ3) is 10.9. The Bertz CT molecular complexity index is 454. The Kier molecular flexibility index (Phi) is 13.2. The highest BCUT2D eigenvalue weighted by Gasteiger charge is 2.30. The van der Waals surface area contributed by atoms with Crippen LogP contribution in [0.3, 0.4) is 0 Å². The molecular formula is C17H30ClNO6. The number of ether oxygens (including phenoxy) is 2. The molecule has 0 fully saturated rings. The minimum absolute atomic E-state index is 0. The number of carbonyl (C=O) groups is 4. The molecule has 0 saturated carbocycles. The van der Waals surface area contributed by atoms with E-state index in [1.807, 2.05) is 20.8 Å². The van der Waals surface area contributed by atoms with Crippen LogP contribution >= 0.6 is 0 Å². The number of likely N-dealkylation sites (N-methyl/N-ethyl adjacent to an activating group) is 1. The van der Waals surface area contributed by atoms with Crippen LogP contribution < -0.4 is 12.4 Å². The van der Waals surface area contributed by atoms with Crippen molar-refractivity contribution in [3.8, 4) is 0 Å². The van der Waals surface area contributed by atoms with Crippen LogP contribution in [0.25, 0.3) is 0 Å². The van der Waals surface area contributed by atoms with Crippen LogP contribution in [0.4, 0.5) is 0 Å². The van der Waals surface area contributed by atoms with E-state index in [0.29, 0.717) is 11.0 Å². The van der Waals surface area contributed by atoms with Gasteiger partial charge in [0.2, 0.25) is 0 Å². The fourth-order valence-electron chi connectivity index (χ4n) is 2.49. The van der Waals surface area contributed by atoms with Crippen molar-refractivity contribution >= 4 is 23.5 Å². The van der Waals surface area contributed by atoms with E-state index in [4.69, 9.17) is 9.47 Å². The highest BCUT2D eigenvalue weighted by Crippen LogP contribution is 2.11. The number of quaternary nitrogens is 1. The Morgan fingerprint density at radius 2 is 1.28 bits per heavy atom. The van der Waals surface area contributed by atoms with E-state index >= 15 is 0 Å². The number of Topliss-reactive ketones (excluding diaryl/α,β-unsaturated/α-hetero) is 2. The number of hydrogen-bond acceptors (Lipinski definition) is 6. The van der Waals surface area contributed by atoms with Crippen LogP contribution in [0.15, 0.2) is 0 Å². The van der Waals surface area contributed by atoms with Crippen molar-refractivity contribution in [3.05, 3.63) is 0 Å². The molecule has 0 spiro atoms. The number of hydrogen-bond donors (Lipinski definition) is 0. The molecule has 0 aromatic carbocycles. The van der Waals surface area contributed by atoms with Crippen molar-refractivity contribution in [1.29, 1.82) is 0 Å². The molecule has 0 aliphatic carbocycles. The highest BCUT2D eigenvalue weighted by molar-refractivity contribution is 5.94. The van der Waals surface area contributed by atoms with Crippen LogP contribution in [0.2, 0.25) is 0 Å². The normalized spacial score (nSPS) is 11.9. The summed E-state index contributed by atoms with van der Waals surface area (Å²) in [4.78, 5) is 45.3. The van der Waals surface area contributed by atoms with Crippen LogP contribution in [0.1, 0.15) is 47.5 Å². The second-order valence-corrected chi connectivity index (χ2v) is 6.03. The Balaban J connectivity index is 0. The lowest BCUT2D eigenvalue weighted by atomic mass is 10.2. The molecule has 0 bridgehead atoms. The molecule has 8 heteroatoms. The monoisotopic (exact) mass is 379 g/mol. The maximum Gasteiger partial charge on any atom is 0.313 e. The predicted octanol–water partition coefficient (Wildman–Crippen LogP) is -1.72. The standard InChI is InChI=1S/C17H30NO6.ClH/c1-6-18(7-2,8-3)11-15(24-17(22)10-14(5)20)12-23-16(21)9-13(4)19;/h15H,6-12H2,1-5H3;1H/q+1;/p-1. The van der Waals surface area contributed by atoms with E-state index < -0.39 is 18.0 Å². The van der Waals surface area contributed by atoms with Crippen molar-refractivity contribution in [2.75, 3.05) is 32.8 Å². The van der Waals surface area contributed by atoms with Gasteiger partial charge in [0.05, 0.1) is 19.6 Å². The molecule has 0 aliphatic heterocycles. The van der Waals surface area contributed by atoms with Gasteiger partial charge in [-0.05, 0) is 34.6 Å². The lowest BCUT2D eigenvalue weighted by Gasteiger charge is -2.38. The summed E-state index contributed by atoms with van der Waals surface area (Å²) in [6.45, 7) is 11.7. The summed E-state index contributed by atoms with van der Waals surface area (Å²) in [5, 5.41) is 0. The zero-order chi connectivity index (χ0) is 18.8. The highest BCUT2D eigenvalue weighted by atomic mass is 35.5. The lowest BCUT2D eigenvalue weighted by Crippen LogP contribution is -3.00. The minimum atomic E-state index is -0.646. The second kappa shape index (κ2) is 12.8. The van der Waals surface area contributed by atoms with Crippen LogP contribution in [0.5, 0.6) is 0 Å². The summed E-state index contributed by atoms with van der Waals surface area (Å²) < 4.78 is 11.1. The summed E-state index contributed by atoms with van der Waals surface area (Å²) in [6.07, 6.45) is -1.25. The summed E-state index contributed by atoms with van der Waals surface area (Å²) in [6, 6.07) is 0. The van der Waals surface area contributed by atoms with Gasteiger partial charge in [-0.15, -0.1) is 0 Å². The molecule has 0 saturated heterocycles. The Labute approximate surface area is 156 Å². The van der Waals surface area contributed by atoms with Crippen LogP contribution in [0, 0.1) is 0 Å². The molecule has 0 aromatic heterocycles. The van der Waals surface area contributed by atoms with Crippen LogP contribution in [-0.2, 0) is 28.7 Å². The van der Waals surface area contributed by atoms with Gasteiger partial charge in [-0.3, -0.25) is 19.2 Å². The van der Waals surface area contributed by atoms with Gasteiger partial charge in [-0.25, -0.2) is 0 Å². The SMILES string of the molecule is CC[N+](CC)(CC)CC(COC(=O)CC(C)=O)OC(=O)CC(C)=O.[Cl-]. The predicted molar refractivity (Wildman–Crippen MR) is 88.2 cm³/mol. The quantitative estimate of drug-likeness (QED) is 0.228. The first-order valence-electron chi connectivity index (χ1n) is 8.37. The Morgan fingerprint density at radius 1 is 0.840 bits per heavy atom. The first-order valence-corrected chi connectivity index (χ1v) is 8.37. The summed E-state index contributed by atoms with van der Waals surface area (Å²) in [5.74, 6) is -1.84. The van der Waals surface area contributed by atoms with Gasteiger partial charge in [-0.1, -0.05) is 0 Å². The zero-order valence-corrected chi connectivity index (χ0v) is 16.6. The lowest BCUT2D eigenvalue weighted by molar-refractivity contribution is -0.925. The molecule has 0 radical (unpaired) electrons. The van der Waals surface area contributed by atoms with Gasteiger partial charge < -0.3 is 26.4 Å². The maximum absolute atomic E-state index is 11.8. The van der Waals surface area contributed by atoms with Crippen molar-refractivity contribution in [1.82, 2.24) is 0 Å². The Morgan fingerprint density at radius 3 is 1.68 bits per heavy atom. The van der Waals surface area contributed by atoms with Gasteiger partial charge >= 0.3 is 11.9 Å². The smallest absolute Gasteiger partial charge is 0.313 e. The van der Waals surface area contributed by atoms with E-state index in [1.54, 1.807) is 0 Å². The van der Waals surface area contributed by atoms with E-state index in [-0.39, 0.29) is 43.4 Å². The number of carbonyl (C=O) groups excluding carboxylic acids is 4. The molecule has 1 atom stereocenters. The Hall–Kier alpha value is -1.47. The number of halogens is 1. The number of ketones is 2. The third-order valence-corrected chi connectivity index (χ3v) is 4.12. The number of rotatable bonds is 12. The molecule has 25 heavy (non-hydrogen) atoms. The summed E-state index contributed by atoms with van der Waals surface area (Å²) >= 11 is 0. The maximum atomic E-state index is 11.8. The van der Waals surface area contributed by atoms with Crippen LogP contribution in [-0.4, -0.2) is 66.9 Å². The molecule has 1 unspecified atom stereocenters. The minimum Gasteiger partial charge on any atom is -1.00 e. The van der Waals surface area contributed by atoms with Crippen molar-refractivity contribution in [2.24, 2.45) is 0 Å². The van der Waals surface area contributed by atoms with E-state index in [1.165, 1.54) is 13.8 Å². The van der Waals surface area contributed by atoms with Crippen molar-refractivity contribution < 1.29 is 45.5 Å². The molecule has 0 heterocycles. The molecule has 0 rings (SSSR count). The largest absolute Gasteiger partial charge is 1.00 e. The zero-order valence-electron chi connectivity index (χ0n) is 15.8. The van der Waals surface area contributed by atoms with E-state index in [2.05, 4.69) is 0 Å². The molecule has 0 aromatic rings. The van der Waals surface area contributed by atoms with Gasteiger partial charge in [0.15, 0.2) is 6.10 Å². The molecule has 0 amide bonds. The van der Waals surface area contributed by atoms with Crippen molar-refractivity contribution in [3.63, 3.8) is 0 Å². The fraction of sp³-hybridized carbons (Fsp3) is 0.765. The average Bonchev–Trinajstić information content (AvgIpc) is 2.48.